The van der Waals surface area contributed by atoms with Crippen molar-refractivity contribution in [3.63, 3.8) is 0 Å². The van der Waals surface area contributed by atoms with Crippen molar-refractivity contribution in [3.8, 4) is 0 Å². The summed E-state index contributed by atoms with van der Waals surface area (Å²) in [6, 6.07) is 16.6. The number of nitrogens with zero attached hydrogens (tertiary/aromatic N) is 1. The smallest absolute Gasteiger partial charge is 0.207 e. The standard InChI is InChI=1S/C19H16FNO2S2/c20-16-8-4-5-9-18(16)25(22,23)21-12-10-17-15(11-13-24-17)19(21)14-6-2-1-3-7-14/h1-9,11,13,19H,10,12H2. The Balaban J connectivity index is 1.87. The molecule has 0 bridgehead atoms. The first-order valence-corrected chi connectivity index (χ1v) is 10.3. The Morgan fingerprint density at radius 1 is 1.00 bits per heavy atom. The van der Waals surface area contributed by atoms with Gasteiger partial charge >= 0.3 is 0 Å². The van der Waals surface area contributed by atoms with Crippen LogP contribution in [0.15, 0.2) is 70.9 Å². The Labute approximate surface area is 150 Å². The summed E-state index contributed by atoms with van der Waals surface area (Å²) in [6.07, 6.45) is 0.643. The molecule has 0 amide bonds. The topological polar surface area (TPSA) is 37.4 Å². The van der Waals surface area contributed by atoms with Gasteiger partial charge in [0.2, 0.25) is 10.0 Å². The Kier molecular flexibility index (Phi) is 4.19. The van der Waals surface area contributed by atoms with E-state index in [4.69, 9.17) is 0 Å². The minimum absolute atomic E-state index is 0.269. The number of fused-ring (bicyclic) bond motifs is 1. The van der Waals surface area contributed by atoms with Crippen molar-refractivity contribution in [2.45, 2.75) is 17.4 Å². The summed E-state index contributed by atoms with van der Waals surface area (Å²) in [5, 5.41) is 1.99. The SMILES string of the molecule is O=S(=O)(c1ccccc1F)N1CCc2sccc2C1c1ccccc1. The third-order valence-electron chi connectivity index (χ3n) is 4.46. The lowest BCUT2D eigenvalue weighted by Gasteiger charge is -2.35. The van der Waals surface area contributed by atoms with Gasteiger partial charge in [-0.05, 0) is 41.1 Å². The first kappa shape index (κ1) is 16.4. The van der Waals surface area contributed by atoms with Crippen molar-refractivity contribution in [3.05, 3.63) is 87.9 Å². The van der Waals surface area contributed by atoms with Crippen LogP contribution in [0, 0.1) is 5.82 Å². The minimum atomic E-state index is -3.95. The monoisotopic (exact) mass is 373 g/mol. The Hall–Kier alpha value is -2.02. The number of sulfonamides is 1. The van der Waals surface area contributed by atoms with E-state index in [1.807, 2.05) is 41.8 Å². The predicted molar refractivity (Wildman–Crippen MR) is 96.6 cm³/mol. The van der Waals surface area contributed by atoms with E-state index in [9.17, 15) is 12.8 Å². The van der Waals surface area contributed by atoms with E-state index >= 15 is 0 Å². The van der Waals surface area contributed by atoms with E-state index in [2.05, 4.69) is 0 Å². The molecule has 6 heteroatoms. The molecule has 0 N–H and O–H groups in total. The molecule has 3 nitrogen and oxygen atoms in total. The highest BCUT2D eigenvalue weighted by Gasteiger charge is 2.38. The maximum Gasteiger partial charge on any atom is 0.246 e. The van der Waals surface area contributed by atoms with Gasteiger partial charge in [-0.1, -0.05) is 42.5 Å². The molecule has 0 spiro atoms. The average Bonchev–Trinajstić information content (AvgIpc) is 3.10. The summed E-state index contributed by atoms with van der Waals surface area (Å²) in [7, 11) is -3.95. The molecular formula is C19H16FNO2S2. The van der Waals surface area contributed by atoms with E-state index in [1.54, 1.807) is 17.4 Å². The Bertz CT molecular complexity index is 999. The zero-order valence-electron chi connectivity index (χ0n) is 13.3. The van der Waals surface area contributed by atoms with Crippen LogP contribution in [0.4, 0.5) is 4.39 Å². The lowest BCUT2D eigenvalue weighted by atomic mass is 9.95. The number of hydrogen-bond donors (Lipinski definition) is 0. The number of rotatable bonds is 3. The Morgan fingerprint density at radius 3 is 2.48 bits per heavy atom. The van der Waals surface area contributed by atoms with Crippen LogP contribution >= 0.6 is 11.3 Å². The molecule has 4 rings (SSSR count). The van der Waals surface area contributed by atoms with Crippen LogP contribution in [0.1, 0.15) is 22.0 Å². The van der Waals surface area contributed by atoms with Gasteiger partial charge in [0.25, 0.3) is 0 Å². The van der Waals surface area contributed by atoms with Gasteiger partial charge in [0, 0.05) is 11.4 Å². The molecule has 1 aromatic heterocycles. The van der Waals surface area contributed by atoms with E-state index in [0.29, 0.717) is 13.0 Å². The molecule has 0 saturated carbocycles. The van der Waals surface area contributed by atoms with Crippen molar-refractivity contribution in [1.29, 1.82) is 0 Å². The normalized spacial score (nSPS) is 18.0. The molecule has 1 atom stereocenters. The predicted octanol–water partition coefficient (Wildman–Crippen LogP) is 4.22. The first-order valence-electron chi connectivity index (χ1n) is 7.96. The van der Waals surface area contributed by atoms with Crippen LogP contribution in [0.2, 0.25) is 0 Å². The summed E-state index contributed by atoms with van der Waals surface area (Å²) in [4.78, 5) is 0.920. The Morgan fingerprint density at radius 2 is 1.72 bits per heavy atom. The van der Waals surface area contributed by atoms with Crippen molar-refractivity contribution >= 4 is 21.4 Å². The van der Waals surface area contributed by atoms with Crippen LogP contribution in [0.5, 0.6) is 0 Å². The first-order chi connectivity index (χ1) is 12.1. The number of thiophene rings is 1. The molecule has 1 aliphatic heterocycles. The van der Waals surface area contributed by atoms with E-state index in [0.717, 1.165) is 11.1 Å². The quantitative estimate of drug-likeness (QED) is 0.689. The van der Waals surface area contributed by atoms with Crippen LogP contribution in [-0.4, -0.2) is 19.3 Å². The largest absolute Gasteiger partial charge is 0.246 e. The summed E-state index contributed by atoms with van der Waals surface area (Å²) in [5.41, 5.74) is 1.88. The van der Waals surface area contributed by atoms with Gasteiger partial charge in [-0.25, -0.2) is 12.8 Å². The highest BCUT2D eigenvalue weighted by Crippen LogP contribution is 2.40. The molecule has 2 heterocycles. The third-order valence-corrected chi connectivity index (χ3v) is 7.35. The molecule has 0 saturated heterocycles. The second-order valence-corrected chi connectivity index (χ2v) is 8.77. The van der Waals surface area contributed by atoms with Crippen molar-refractivity contribution < 1.29 is 12.8 Å². The lowest BCUT2D eigenvalue weighted by Crippen LogP contribution is -2.40. The third kappa shape index (κ3) is 2.80. The van der Waals surface area contributed by atoms with E-state index in [-0.39, 0.29) is 4.90 Å². The zero-order valence-corrected chi connectivity index (χ0v) is 14.9. The van der Waals surface area contributed by atoms with Gasteiger partial charge in [0.15, 0.2) is 0 Å². The fraction of sp³-hybridized carbons (Fsp3) is 0.158. The summed E-state index contributed by atoms with van der Waals surface area (Å²) in [5.74, 6) is -0.717. The highest BCUT2D eigenvalue weighted by atomic mass is 32.2. The molecule has 0 fully saturated rings. The minimum Gasteiger partial charge on any atom is -0.207 e. The molecule has 0 aliphatic carbocycles. The van der Waals surface area contributed by atoms with Gasteiger partial charge < -0.3 is 0 Å². The highest BCUT2D eigenvalue weighted by molar-refractivity contribution is 7.89. The van der Waals surface area contributed by atoms with E-state index in [1.165, 1.54) is 27.4 Å². The second kappa shape index (κ2) is 6.37. The van der Waals surface area contributed by atoms with Crippen molar-refractivity contribution in [2.24, 2.45) is 0 Å². The van der Waals surface area contributed by atoms with Gasteiger partial charge in [-0.3, -0.25) is 0 Å². The number of benzene rings is 2. The molecule has 0 radical (unpaired) electrons. The summed E-state index contributed by atoms with van der Waals surface area (Å²) >= 11 is 1.64. The molecule has 1 aliphatic rings. The van der Waals surface area contributed by atoms with Gasteiger partial charge in [0.05, 0.1) is 6.04 Å². The van der Waals surface area contributed by atoms with Gasteiger partial charge in [0.1, 0.15) is 10.7 Å². The average molecular weight is 373 g/mol. The van der Waals surface area contributed by atoms with E-state index < -0.39 is 21.9 Å². The summed E-state index contributed by atoms with van der Waals surface area (Å²) < 4.78 is 42.1. The van der Waals surface area contributed by atoms with Crippen LogP contribution in [0.3, 0.4) is 0 Å². The van der Waals surface area contributed by atoms with Gasteiger partial charge in [-0.15, -0.1) is 11.3 Å². The molecule has 128 valence electrons. The maximum atomic E-state index is 14.2. The molecular weight excluding hydrogens is 357 g/mol. The number of hydrogen-bond acceptors (Lipinski definition) is 3. The molecule has 3 aromatic rings. The molecule has 1 unspecified atom stereocenters. The van der Waals surface area contributed by atoms with Crippen molar-refractivity contribution in [1.82, 2.24) is 4.31 Å². The molecule has 25 heavy (non-hydrogen) atoms. The maximum absolute atomic E-state index is 14.2. The molecule has 2 aromatic carbocycles. The number of halogens is 1. The van der Waals surface area contributed by atoms with Crippen molar-refractivity contribution in [2.75, 3.05) is 6.54 Å². The fourth-order valence-corrected chi connectivity index (χ4v) is 5.88. The fourth-order valence-electron chi connectivity index (χ4n) is 3.31. The lowest BCUT2D eigenvalue weighted by molar-refractivity contribution is 0.345. The van der Waals surface area contributed by atoms with Crippen LogP contribution < -0.4 is 0 Å². The zero-order chi connectivity index (χ0) is 17.4. The second-order valence-electron chi connectivity index (χ2n) is 5.91. The summed E-state index contributed by atoms with van der Waals surface area (Å²) in [6.45, 7) is 0.337. The van der Waals surface area contributed by atoms with Gasteiger partial charge in [-0.2, -0.15) is 4.31 Å². The van der Waals surface area contributed by atoms with Crippen LogP contribution in [-0.2, 0) is 16.4 Å². The van der Waals surface area contributed by atoms with Crippen LogP contribution in [0.25, 0.3) is 0 Å².